The Morgan fingerprint density at radius 1 is 0.136 bits per heavy atom. The van der Waals surface area contributed by atoms with E-state index in [1.807, 2.05) is 0 Å². The van der Waals surface area contributed by atoms with Crippen molar-refractivity contribution in [1.82, 2.24) is 0 Å². The number of anilines is 12. The van der Waals surface area contributed by atoms with Crippen LogP contribution in [0.2, 0.25) is 0 Å². The number of hydrogen-bond donors (Lipinski definition) is 0. The average Bonchev–Trinajstić information content (AvgIpc) is 1.14. The van der Waals surface area contributed by atoms with Crippen LogP contribution in [-0.2, 0) is 0 Å². The Kier molecular flexibility index (Phi) is 14.3. The van der Waals surface area contributed by atoms with Gasteiger partial charge in [0.15, 0.2) is 0 Å². The van der Waals surface area contributed by atoms with E-state index < -0.39 is 0 Å². The van der Waals surface area contributed by atoms with Crippen molar-refractivity contribution in [2.45, 2.75) is 0 Å². The van der Waals surface area contributed by atoms with Crippen LogP contribution in [0.4, 0.5) is 68.2 Å². The Morgan fingerprint density at radius 2 is 0.352 bits per heavy atom. The molecule has 4 nitrogen and oxygen atoms in total. The van der Waals surface area contributed by atoms with E-state index in [0.717, 1.165) is 102 Å². The van der Waals surface area contributed by atoms with Crippen LogP contribution in [-0.4, -0.2) is 0 Å². The molecular weight excluding hydrogens is 1060 g/mol. The lowest BCUT2D eigenvalue weighted by Crippen LogP contribution is -2.14. The largest absolute Gasteiger partial charge is 0.310 e. The highest BCUT2D eigenvalue weighted by Gasteiger charge is 2.25. The van der Waals surface area contributed by atoms with Gasteiger partial charge in [0.1, 0.15) is 0 Å². The van der Waals surface area contributed by atoms with E-state index in [4.69, 9.17) is 0 Å². The first-order valence-corrected chi connectivity index (χ1v) is 30.1. The Hall–Kier alpha value is -11.7. The van der Waals surface area contributed by atoms with E-state index in [1.165, 1.54) is 32.3 Å². The van der Waals surface area contributed by atoms with Gasteiger partial charge in [-0.2, -0.15) is 0 Å². The molecular formula is C84H60N4. The molecule has 0 N–H and O–H groups in total. The van der Waals surface area contributed by atoms with Gasteiger partial charge in [0, 0.05) is 67.0 Å². The molecule has 0 saturated heterocycles. The predicted molar refractivity (Wildman–Crippen MR) is 374 cm³/mol. The number of rotatable bonds is 15. The summed E-state index contributed by atoms with van der Waals surface area (Å²) in [4.78, 5) is 9.60. The molecule has 88 heavy (non-hydrogen) atoms. The maximum absolute atomic E-state index is 2.49. The fraction of sp³-hybridized carbons (Fsp3) is 0. The molecule has 0 aliphatic rings. The Balaban J connectivity index is 0.876. The summed E-state index contributed by atoms with van der Waals surface area (Å²) in [5, 5.41) is 7.17. The molecule has 0 aliphatic carbocycles. The van der Waals surface area contributed by atoms with Crippen molar-refractivity contribution in [3.05, 3.63) is 364 Å². The van der Waals surface area contributed by atoms with Gasteiger partial charge in [0.25, 0.3) is 0 Å². The molecule has 416 valence electrons. The quantitative estimate of drug-likeness (QED) is 0.101. The fourth-order valence-electron chi connectivity index (χ4n) is 12.7. The monoisotopic (exact) mass is 1120 g/mol. The first kappa shape index (κ1) is 53.0. The summed E-state index contributed by atoms with van der Waals surface area (Å²) in [5.74, 6) is 0. The highest BCUT2D eigenvalue weighted by molar-refractivity contribution is 6.03. The first-order chi connectivity index (χ1) is 43.7. The maximum Gasteiger partial charge on any atom is 0.0540 e. The topological polar surface area (TPSA) is 13.0 Å². The molecule has 0 aliphatic heterocycles. The average molecular weight is 1130 g/mol. The van der Waals surface area contributed by atoms with Gasteiger partial charge in [-0.25, -0.2) is 0 Å². The molecule has 0 aromatic heterocycles. The number of para-hydroxylation sites is 6. The second-order valence-corrected chi connectivity index (χ2v) is 22.0. The summed E-state index contributed by atoms with van der Waals surface area (Å²) >= 11 is 0. The molecule has 0 saturated carbocycles. The Bertz CT molecular complexity index is 4400. The molecule has 0 radical (unpaired) electrons. The molecule has 15 aromatic rings. The lowest BCUT2D eigenvalue weighted by molar-refractivity contribution is 1.27. The summed E-state index contributed by atoms with van der Waals surface area (Å²) in [7, 11) is 0. The highest BCUT2D eigenvalue weighted by atomic mass is 15.2. The molecule has 0 fully saturated rings. The molecule has 15 aromatic carbocycles. The van der Waals surface area contributed by atoms with Gasteiger partial charge in [-0.15, -0.1) is 0 Å². The van der Waals surface area contributed by atoms with Crippen molar-refractivity contribution < 1.29 is 0 Å². The van der Waals surface area contributed by atoms with E-state index in [-0.39, 0.29) is 0 Å². The van der Waals surface area contributed by atoms with Crippen molar-refractivity contribution in [3.8, 4) is 33.4 Å². The fourth-order valence-corrected chi connectivity index (χ4v) is 12.7. The zero-order chi connectivity index (χ0) is 58.6. The second kappa shape index (κ2) is 23.7. The summed E-state index contributed by atoms with van der Waals surface area (Å²) in [6.07, 6.45) is 0. The zero-order valence-corrected chi connectivity index (χ0v) is 48.4. The minimum Gasteiger partial charge on any atom is -0.310 e. The van der Waals surface area contributed by atoms with E-state index in [2.05, 4.69) is 384 Å². The molecule has 0 spiro atoms. The normalized spacial score (nSPS) is 11.2. The van der Waals surface area contributed by atoms with Crippen molar-refractivity contribution in [2.24, 2.45) is 0 Å². The van der Waals surface area contributed by atoms with Crippen LogP contribution in [0.15, 0.2) is 364 Å². The molecule has 0 heterocycles. The maximum atomic E-state index is 2.49. The van der Waals surface area contributed by atoms with Gasteiger partial charge < -0.3 is 19.6 Å². The van der Waals surface area contributed by atoms with Gasteiger partial charge in [-0.05, 0) is 142 Å². The highest BCUT2D eigenvalue weighted by Crippen LogP contribution is 2.50. The van der Waals surface area contributed by atoms with Crippen LogP contribution in [0.25, 0.3) is 65.7 Å². The van der Waals surface area contributed by atoms with E-state index in [9.17, 15) is 0 Å². The molecule has 0 bridgehead atoms. The van der Waals surface area contributed by atoms with E-state index >= 15 is 0 Å². The van der Waals surface area contributed by atoms with E-state index in [1.54, 1.807) is 0 Å². The number of nitrogens with zero attached hydrogens (tertiary/aromatic N) is 4. The van der Waals surface area contributed by atoms with Crippen LogP contribution in [0.1, 0.15) is 0 Å². The lowest BCUT2D eigenvalue weighted by atomic mass is 9.96. The number of fused-ring (bicyclic) bond motifs is 3. The minimum absolute atomic E-state index is 1.05. The minimum atomic E-state index is 1.05. The van der Waals surface area contributed by atoms with Crippen LogP contribution < -0.4 is 19.6 Å². The van der Waals surface area contributed by atoms with Crippen LogP contribution in [0, 0.1) is 0 Å². The SMILES string of the molecule is c1ccc(N(c2ccc(-c3ccccc3N(c3ccccc3-c3ccc(N(c4ccccc4)c4cccc5ccccc45)cc3)c3ccccc3-c3ccc(N(c4ccccc4)c4cccc5ccccc45)cc3)cc2)c2cccc3ccccc23)cc1. The van der Waals surface area contributed by atoms with Gasteiger partial charge in [0.05, 0.1) is 34.1 Å². The van der Waals surface area contributed by atoms with Crippen molar-refractivity contribution in [2.75, 3.05) is 19.6 Å². The third-order valence-electron chi connectivity index (χ3n) is 16.8. The van der Waals surface area contributed by atoms with Gasteiger partial charge in [-0.3, -0.25) is 0 Å². The van der Waals surface area contributed by atoms with Gasteiger partial charge in [0.2, 0.25) is 0 Å². The van der Waals surface area contributed by atoms with Crippen LogP contribution in [0.3, 0.4) is 0 Å². The summed E-state index contributed by atoms with van der Waals surface area (Å²) in [6, 6.07) is 132. The Labute approximate surface area is 514 Å². The molecule has 0 amide bonds. The molecule has 0 unspecified atom stereocenters. The van der Waals surface area contributed by atoms with Crippen molar-refractivity contribution >= 4 is 101 Å². The molecule has 4 heteroatoms. The first-order valence-electron chi connectivity index (χ1n) is 30.1. The summed E-state index contributed by atoms with van der Waals surface area (Å²) < 4.78 is 0. The number of benzene rings is 15. The lowest BCUT2D eigenvalue weighted by Gasteiger charge is -2.32. The predicted octanol–water partition coefficient (Wildman–Crippen LogP) is 24.0. The molecule has 0 atom stereocenters. The smallest absolute Gasteiger partial charge is 0.0540 e. The molecule has 15 rings (SSSR count). The van der Waals surface area contributed by atoms with Crippen molar-refractivity contribution in [1.29, 1.82) is 0 Å². The third-order valence-corrected chi connectivity index (χ3v) is 16.8. The van der Waals surface area contributed by atoms with Crippen LogP contribution in [0.5, 0.6) is 0 Å². The standard InChI is InChI=1S/C84H60N4/c1-4-31-67(32-5-1)85(79-46-22-28-61-25-10-13-37-73(61)79)70-55-49-64(50-56-70)76-40-16-19-43-82(76)88(83-44-20-17-41-77(83)65-51-57-71(58-52-65)86(68-33-6-2-7-34-68)80-47-23-29-62-26-11-14-38-74(62)80)84-45-21-18-42-78(84)66-53-59-72(60-54-66)87(69-35-8-3-9-36-69)81-48-24-30-63-27-12-15-39-75(63)81/h1-60H. The van der Waals surface area contributed by atoms with E-state index in [0.29, 0.717) is 0 Å². The Morgan fingerprint density at radius 3 is 0.648 bits per heavy atom. The summed E-state index contributed by atoms with van der Waals surface area (Å²) in [5.41, 5.74) is 19.6. The second-order valence-electron chi connectivity index (χ2n) is 22.0. The van der Waals surface area contributed by atoms with Gasteiger partial charge in [-0.1, -0.05) is 255 Å². The number of hydrogen-bond acceptors (Lipinski definition) is 4. The van der Waals surface area contributed by atoms with Crippen molar-refractivity contribution in [3.63, 3.8) is 0 Å². The summed E-state index contributed by atoms with van der Waals surface area (Å²) in [6.45, 7) is 0. The zero-order valence-electron chi connectivity index (χ0n) is 48.4. The van der Waals surface area contributed by atoms with Crippen LogP contribution >= 0.6 is 0 Å². The third kappa shape index (κ3) is 10.1. The van der Waals surface area contributed by atoms with Gasteiger partial charge >= 0.3 is 0 Å².